The molecule has 0 aliphatic rings. The van der Waals surface area contributed by atoms with Gasteiger partial charge in [-0.2, -0.15) is 0 Å². The van der Waals surface area contributed by atoms with Gasteiger partial charge in [0.2, 0.25) is 0 Å². The summed E-state index contributed by atoms with van der Waals surface area (Å²) in [5.41, 5.74) is 2.55. The van der Waals surface area contributed by atoms with Crippen LogP contribution in [0.3, 0.4) is 0 Å². The minimum atomic E-state index is 0. The van der Waals surface area contributed by atoms with Gasteiger partial charge >= 0.3 is 29.6 Å². The second kappa shape index (κ2) is 34.9. The fourth-order valence-electron chi connectivity index (χ4n) is 5.45. The van der Waals surface area contributed by atoms with Gasteiger partial charge in [0.05, 0.1) is 0 Å². The molecule has 0 saturated heterocycles. The van der Waals surface area contributed by atoms with Gasteiger partial charge < -0.3 is 4.74 Å². The summed E-state index contributed by atoms with van der Waals surface area (Å²) in [5, 5.41) is 0. The van der Waals surface area contributed by atoms with Crippen molar-refractivity contribution in [2.24, 2.45) is 0 Å². The van der Waals surface area contributed by atoms with E-state index in [0.29, 0.717) is 0 Å². The molecule has 2 rings (SSSR count). The van der Waals surface area contributed by atoms with Gasteiger partial charge in [0.25, 0.3) is 0 Å². The third-order valence-corrected chi connectivity index (χ3v) is 8.17. The van der Waals surface area contributed by atoms with Crippen molar-refractivity contribution >= 4 is 29.6 Å². The van der Waals surface area contributed by atoms with Crippen molar-refractivity contribution in [1.29, 1.82) is 0 Å². The minimum Gasteiger partial charge on any atom is -0.0622 e. The quantitative estimate of drug-likeness (QED) is 0.0745. The van der Waals surface area contributed by atoms with Gasteiger partial charge in [-0.1, -0.05) is 216 Å². The molecule has 0 bridgehead atoms. The molecule has 1 nitrogen and oxygen atoms in total. The second-order valence-corrected chi connectivity index (χ2v) is 12.1. The van der Waals surface area contributed by atoms with Crippen LogP contribution >= 0.6 is 0 Å². The number of ether oxygens (including phenoxy) is 1. The van der Waals surface area contributed by atoms with Crippen molar-refractivity contribution < 1.29 is 4.74 Å². The van der Waals surface area contributed by atoms with E-state index >= 15 is 0 Å². The van der Waals surface area contributed by atoms with Gasteiger partial charge in [-0.15, -0.1) is 0 Å². The standard InChI is InChI=1S/C28H58O.C12H10.Na.H/c1-3-5-7-9-11-13-15-17-19-21-23-25-27-29-28-26-24-22-20-18-16-14-12-10-8-6-4-2;1-3-7-11(8-4-1)12-9-5-2-6-10-12;;/h3-28H2,1-2H3;1-10H;;. The SMILES string of the molecule is CCCCCCCCCCCCCCOCCCCCCCCCCCCCC.[NaH].c1ccc(-c2ccccc2)cc1. The summed E-state index contributed by atoms with van der Waals surface area (Å²) in [7, 11) is 0. The first-order chi connectivity index (χ1) is 20.4. The zero-order chi connectivity index (χ0) is 29.3. The molecule has 0 radical (unpaired) electrons. The van der Waals surface area contributed by atoms with E-state index < -0.39 is 0 Å². The van der Waals surface area contributed by atoms with E-state index in [1.165, 1.54) is 165 Å². The van der Waals surface area contributed by atoms with Crippen molar-refractivity contribution in [1.82, 2.24) is 0 Å². The van der Waals surface area contributed by atoms with E-state index in [4.69, 9.17) is 4.74 Å². The van der Waals surface area contributed by atoms with Crippen LogP contribution in [-0.2, 0) is 4.74 Å². The molecule has 42 heavy (non-hydrogen) atoms. The van der Waals surface area contributed by atoms with Crippen molar-refractivity contribution in [2.75, 3.05) is 13.2 Å². The zero-order valence-corrected chi connectivity index (χ0v) is 27.6. The van der Waals surface area contributed by atoms with Crippen LogP contribution in [0.25, 0.3) is 11.1 Å². The third kappa shape index (κ3) is 28.2. The zero-order valence-electron chi connectivity index (χ0n) is 27.6. The van der Waals surface area contributed by atoms with Crippen LogP contribution in [0.1, 0.15) is 168 Å². The number of unbranched alkanes of at least 4 members (excludes halogenated alkanes) is 22. The Balaban J connectivity index is 0.00000106. The van der Waals surface area contributed by atoms with Gasteiger partial charge in [-0.3, -0.25) is 0 Å². The number of hydrogen-bond donors (Lipinski definition) is 0. The Labute approximate surface area is 285 Å². The maximum Gasteiger partial charge on any atom is -0.0184 e. The molecule has 236 valence electrons. The normalized spacial score (nSPS) is 10.6. The minimum absolute atomic E-state index is 0. The summed E-state index contributed by atoms with van der Waals surface area (Å²) in [4.78, 5) is 0. The van der Waals surface area contributed by atoms with Crippen molar-refractivity contribution in [3.05, 3.63) is 60.7 Å². The Hall–Kier alpha value is -0.600. The Bertz CT molecular complexity index is 668. The monoisotopic (exact) mass is 589 g/mol. The maximum absolute atomic E-state index is 5.82. The predicted molar refractivity (Wildman–Crippen MR) is 192 cm³/mol. The smallest absolute Gasteiger partial charge is 0.0184 e. The molecule has 0 N–H and O–H groups in total. The summed E-state index contributed by atoms with van der Waals surface area (Å²) < 4.78 is 5.82. The average Bonchev–Trinajstić information content (AvgIpc) is 3.02. The van der Waals surface area contributed by atoms with E-state index in [-0.39, 0.29) is 29.6 Å². The van der Waals surface area contributed by atoms with E-state index in [1.807, 2.05) is 12.1 Å². The third-order valence-electron chi connectivity index (χ3n) is 8.17. The molecule has 2 aromatic rings. The molecular formula is C40H69NaO. The average molecular weight is 589 g/mol. The van der Waals surface area contributed by atoms with Gasteiger partial charge in [0, 0.05) is 13.2 Å². The summed E-state index contributed by atoms with van der Waals surface area (Å²) >= 11 is 0. The van der Waals surface area contributed by atoms with E-state index in [1.54, 1.807) is 0 Å². The number of benzene rings is 2. The molecule has 0 spiro atoms. The second-order valence-electron chi connectivity index (χ2n) is 12.1. The Morgan fingerprint density at radius 1 is 0.333 bits per heavy atom. The van der Waals surface area contributed by atoms with Gasteiger partial charge in [0.1, 0.15) is 0 Å². The molecule has 0 atom stereocenters. The maximum atomic E-state index is 5.82. The van der Waals surface area contributed by atoms with Crippen LogP contribution < -0.4 is 0 Å². The Morgan fingerprint density at radius 2 is 0.571 bits per heavy atom. The molecule has 0 aromatic heterocycles. The first-order valence-corrected chi connectivity index (χ1v) is 18.1. The van der Waals surface area contributed by atoms with Crippen LogP contribution in [-0.4, -0.2) is 42.8 Å². The summed E-state index contributed by atoms with van der Waals surface area (Å²) in [6, 6.07) is 20.8. The topological polar surface area (TPSA) is 9.23 Å². The Kier molecular flexibility index (Phi) is 34.4. The van der Waals surface area contributed by atoms with Crippen LogP contribution in [0.2, 0.25) is 0 Å². The van der Waals surface area contributed by atoms with Crippen LogP contribution in [0, 0.1) is 0 Å². The van der Waals surface area contributed by atoms with Crippen molar-refractivity contribution in [3.63, 3.8) is 0 Å². The molecule has 0 amide bonds. The molecule has 2 heteroatoms. The van der Waals surface area contributed by atoms with E-state index in [9.17, 15) is 0 Å². The van der Waals surface area contributed by atoms with Crippen molar-refractivity contribution in [3.8, 4) is 11.1 Å². The summed E-state index contributed by atoms with van der Waals surface area (Å²) in [6.07, 6.45) is 34.1. The molecule has 0 aliphatic carbocycles. The molecule has 0 aliphatic heterocycles. The number of hydrogen-bond acceptors (Lipinski definition) is 1. The van der Waals surface area contributed by atoms with Gasteiger partial charge in [-0.05, 0) is 24.0 Å². The summed E-state index contributed by atoms with van der Waals surface area (Å²) in [6.45, 7) is 6.58. The largest absolute Gasteiger partial charge is 0.0622 e. The molecule has 0 unspecified atom stereocenters. The first kappa shape index (κ1) is 41.4. The predicted octanol–water partition coefficient (Wildman–Crippen LogP) is 13.1. The number of rotatable bonds is 27. The Morgan fingerprint density at radius 3 is 0.833 bits per heavy atom. The van der Waals surface area contributed by atoms with Gasteiger partial charge in [0.15, 0.2) is 0 Å². The van der Waals surface area contributed by atoms with Crippen LogP contribution in [0.5, 0.6) is 0 Å². The fraction of sp³-hybridized carbons (Fsp3) is 0.700. The first-order valence-electron chi connectivity index (χ1n) is 18.1. The molecular weight excluding hydrogens is 519 g/mol. The van der Waals surface area contributed by atoms with Crippen LogP contribution in [0.15, 0.2) is 60.7 Å². The van der Waals surface area contributed by atoms with E-state index in [2.05, 4.69) is 62.4 Å². The molecule has 0 heterocycles. The molecule has 2 aromatic carbocycles. The van der Waals surface area contributed by atoms with Crippen molar-refractivity contribution in [2.45, 2.75) is 168 Å². The fourth-order valence-corrected chi connectivity index (χ4v) is 5.45. The molecule has 0 fully saturated rings. The van der Waals surface area contributed by atoms with Gasteiger partial charge in [-0.25, -0.2) is 0 Å². The van der Waals surface area contributed by atoms with E-state index in [0.717, 1.165) is 13.2 Å². The summed E-state index contributed by atoms with van der Waals surface area (Å²) in [5.74, 6) is 0. The van der Waals surface area contributed by atoms with Crippen LogP contribution in [0.4, 0.5) is 0 Å². The molecule has 0 saturated carbocycles.